The first kappa shape index (κ1) is 16.7. The molecule has 0 amide bonds. The zero-order valence-corrected chi connectivity index (χ0v) is 15.7. The molecule has 130 valence electrons. The average Bonchev–Trinajstić information content (AvgIpc) is 2.86. The molecule has 2 aliphatic rings. The lowest BCUT2D eigenvalue weighted by Crippen LogP contribution is -2.42. The first-order valence-corrected chi connectivity index (χ1v) is 10.4. The number of hydrogen-bond donors (Lipinski definition) is 1. The van der Waals surface area contributed by atoms with Gasteiger partial charge in [-0.1, -0.05) is 48.0 Å². The van der Waals surface area contributed by atoms with Gasteiger partial charge in [0.15, 0.2) is 0 Å². The maximum atomic E-state index is 5.11. The molecular weight excluding hydrogens is 324 g/mol. The summed E-state index contributed by atoms with van der Waals surface area (Å²) in [6.07, 6.45) is 4.89. The average molecular weight is 351 g/mol. The number of hydrogen-bond acceptors (Lipinski definition) is 2. The molecule has 3 heteroatoms. The van der Waals surface area contributed by atoms with E-state index in [-0.39, 0.29) is 5.41 Å². The van der Waals surface area contributed by atoms with E-state index in [1.807, 2.05) is 0 Å². The van der Waals surface area contributed by atoms with Crippen LogP contribution in [-0.4, -0.2) is 17.3 Å². The van der Waals surface area contributed by atoms with Crippen LogP contribution in [0.15, 0.2) is 53.5 Å². The van der Waals surface area contributed by atoms with E-state index in [9.17, 15) is 0 Å². The van der Waals surface area contributed by atoms with Gasteiger partial charge >= 0.3 is 0 Å². The second-order valence-electron chi connectivity index (χ2n) is 7.36. The van der Waals surface area contributed by atoms with Crippen LogP contribution in [0, 0.1) is 12.3 Å². The third-order valence-corrected chi connectivity index (χ3v) is 6.54. The summed E-state index contributed by atoms with van der Waals surface area (Å²) in [5, 5.41) is 3.71. The van der Waals surface area contributed by atoms with E-state index in [1.54, 1.807) is 0 Å². The summed E-state index contributed by atoms with van der Waals surface area (Å²) in [5.41, 5.74) is 5.49. The number of anilines is 1. The summed E-state index contributed by atoms with van der Waals surface area (Å²) in [6.45, 7) is 2.91. The van der Waals surface area contributed by atoms with Gasteiger partial charge in [0.2, 0.25) is 0 Å². The number of amidine groups is 1. The van der Waals surface area contributed by atoms with Crippen molar-refractivity contribution in [2.45, 2.75) is 39.2 Å². The number of rotatable bonds is 2. The Bertz CT molecular complexity index is 773. The van der Waals surface area contributed by atoms with Gasteiger partial charge in [-0.05, 0) is 61.3 Å². The van der Waals surface area contributed by atoms with E-state index in [2.05, 4.69) is 72.5 Å². The molecule has 0 aliphatic carbocycles. The van der Waals surface area contributed by atoms with Gasteiger partial charge in [-0.2, -0.15) is 11.8 Å². The minimum atomic E-state index is 0.196. The Morgan fingerprint density at radius 2 is 2.00 bits per heavy atom. The van der Waals surface area contributed by atoms with Crippen LogP contribution in [0.1, 0.15) is 36.0 Å². The van der Waals surface area contributed by atoms with E-state index in [1.165, 1.54) is 59.0 Å². The van der Waals surface area contributed by atoms with Crippen molar-refractivity contribution in [2.24, 2.45) is 10.4 Å². The predicted molar refractivity (Wildman–Crippen MR) is 110 cm³/mol. The number of para-hydroxylation sites is 1. The Morgan fingerprint density at radius 3 is 2.92 bits per heavy atom. The highest BCUT2D eigenvalue weighted by atomic mass is 32.2. The second-order valence-corrected chi connectivity index (χ2v) is 8.58. The lowest BCUT2D eigenvalue weighted by atomic mass is 9.72. The van der Waals surface area contributed by atoms with E-state index < -0.39 is 0 Å². The van der Waals surface area contributed by atoms with Gasteiger partial charge in [-0.15, -0.1) is 0 Å². The largest absolute Gasteiger partial charge is 0.343 e. The number of aliphatic imine (C=N–C) groups is 1. The number of nitrogens with zero attached hydrogens (tertiary/aromatic N) is 1. The molecule has 4 rings (SSSR count). The van der Waals surface area contributed by atoms with Crippen LogP contribution in [0.5, 0.6) is 0 Å². The number of fused-ring (bicyclic) bond motifs is 1. The Balaban J connectivity index is 1.67. The molecule has 2 aromatic carbocycles. The van der Waals surface area contributed by atoms with Crippen molar-refractivity contribution < 1.29 is 0 Å². The van der Waals surface area contributed by atoms with E-state index >= 15 is 0 Å². The standard InChI is InChI=1S/C22H26N2S/c1-17-6-4-7-18(14-17)16-23-21-22(10-5-12-25-13-11-22)15-19-8-2-3-9-20(19)24-21/h2-4,6-9,14H,5,10-13,15-16H2,1H3,(H,23,24). The maximum Gasteiger partial charge on any atom is 0.108 e. The molecule has 1 fully saturated rings. The van der Waals surface area contributed by atoms with E-state index in [0.29, 0.717) is 0 Å². The highest BCUT2D eigenvalue weighted by molar-refractivity contribution is 7.99. The van der Waals surface area contributed by atoms with Gasteiger partial charge in [-0.3, -0.25) is 4.99 Å². The Morgan fingerprint density at radius 1 is 1.08 bits per heavy atom. The van der Waals surface area contributed by atoms with Gasteiger partial charge < -0.3 is 5.32 Å². The number of nitrogens with one attached hydrogen (secondary N) is 1. The third kappa shape index (κ3) is 3.62. The van der Waals surface area contributed by atoms with Crippen LogP contribution in [0.3, 0.4) is 0 Å². The summed E-state index contributed by atoms with van der Waals surface area (Å²) >= 11 is 2.10. The zero-order chi connectivity index (χ0) is 17.1. The van der Waals surface area contributed by atoms with Gasteiger partial charge in [0.25, 0.3) is 0 Å². The van der Waals surface area contributed by atoms with Crippen LogP contribution < -0.4 is 5.32 Å². The normalized spacial score (nSPS) is 24.6. The third-order valence-electron chi connectivity index (χ3n) is 5.47. The quantitative estimate of drug-likeness (QED) is 0.777. The van der Waals surface area contributed by atoms with Crippen LogP contribution in [0.25, 0.3) is 0 Å². The topological polar surface area (TPSA) is 24.4 Å². The van der Waals surface area contributed by atoms with Crippen molar-refractivity contribution in [3.8, 4) is 0 Å². The first-order chi connectivity index (χ1) is 12.3. The van der Waals surface area contributed by atoms with Crippen molar-refractivity contribution >= 4 is 23.3 Å². The van der Waals surface area contributed by atoms with Crippen molar-refractivity contribution in [3.63, 3.8) is 0 Å². The van der Waals surface area contributed by atoms with Crippen molar-refractivity contribution in [2.75, 3.05) is 16.8 Å². The fourth-order valence-electron chi connectivity index (χ4n) is 4.11. The summed E-state index contributed by atoms with van der Waals surface area (Å²) in [7, 11) is 0. The highest BCUT2D eigenvalue weighted by Crippen LogP contribution is 2.43. The van der Waals surface area contributed by atoms with E-state index in [0.717, 1.165) is 13.0 Å². The molecule has 2 aromatic rings. The van der Waals surface area contributed by atoms with Crippen molar-refractivity contribution in [1.29, 1.82) is 0 Å². The van der Waals surface area contributed by atoms with Gasteiger partial charge in [0.1, 0.15) is 5.84 Å². The molecule has 2 aliphatic heterocycles. The second kappa shape index (κ2) is 7.25. The SMILES string of the molecule is Cc1cccc(CN=C2Nc3ccccc3CC23CCCSCC3)c1. The molecule has 1 spiro atoms. The molecule has 1 unspecified atom stereocenters. The lowest BCUT2D eigenvalue weighted by molar-refractivity contribution is 0.367. The molecule has 1 atom stereocenters. The fraction of sp³-hybridized carbons (Fsp3) is 0.409. The highest BCUT2D eigenvalue weighted by Gasteiger charge is 2.40. The monoisotopic (exact) mass is 350 g/mol. The first-order valence-electron chi connectivity index (χ1n) is 9.28. The van der Waals surface area contributed by atoms with Crippen LogP contribution in [-0.2, 0) is 13.0 Å². The van der Waals surface area contributed by atoms with Crippen molar-refractivity contribution in [3.05, 3.63) is 65.2 Å². The number of benzene rings is 2. The molecule has 0 saturated carbocycles. The summed E-state index contributed by atoms with van der Waals surface area (Å²) in [4.78, 5) is 5.11. The van der Waals surface area contributed by atoms with Crippen LogP contribution in [0.2, 0.25) is 0 Å². The van der Waals surface area contributed by atoms with Gasteiger partial charge in [-0.25, -0.2) is 0 Å². The molecule has 25 heavy (non-hydrogen) atoms. The molecule has 0 aromatic heterocycles. The lowest BCUT2D eigenvalue weighted by Gasteiger charge is -2.39. The zero-order valence-electron chi connectivity index (χ0n) is 14.9. The Labute approximate surface area is 155 Å². The number of thioether (sulfide) groups is 1. The van der Waals surface area contributed by atoms with Crippen LogP contribution >= 0.6 is 11.8 Å². The number of aryl methyl sites for hydroxylation is 1. The molecule has 0 bridgehead atoms. The van der Waals surface area contributed by atoms with Gasteiger partial charge in [0, 0.05) is 11.1 Å². The predicted octanol–water partition coefficient (Wildman–Crippen LogP) is 5.47. The molecule has 1 saturated heterocycles. The summed E-state index contributed by atoms with van der Waals surface area (Å²) < 4.78 is 0. The molecule has 2 heterocycles. The van der Waals surface area contributed by atoms with E-state index in [4.69, 9.17) is 4.99 Å². The molecule has 0 radical (unpaired) electrons. The van der Waals surface area contributed by atoms with Crippen molar-refractivity contribution in [1.82, 2.24) is 0 Å². The minimum Gasteiger partial charge on any atom is -0.343 e. The Kier molecular flexibility index (Phi) is 4.85. The molecule has 2 nitrogen and oxygen atoms in total. The van der Waals surface area contributed by atoms with Gasteiger partial charge in [0.05, 0.1) is 6.54 Å². The van der Waals surface area contributed by atoms with Crippen LogP contribution in [0.4, 0.5) is 5.69 Å². The molecular formula is C22H26N2S. The smallest absolute Gasteiger partial charge is 0.108 e. The maximum absolute atomic E-state index is 5.11. The molecule has 1 N–H and O–H groups in total. The minimum absolute atomic E-state index is 0.196. The summed E-state index contributed by atoms with van der Waals surface area (Å²) in [6, 6.07) is 17.5. The summed E-state index contributed by atoms with van der Waals surface area (Å²) in [5.74, 6) is 3.75. The fourth-order valence-corrected chi connectivity index (χ4v) is 5.20. The Hall–Kier alpha value is -1.74.